The average Bonchev–Trinajstić information content (AvgIpc) is 3.35. The molecule has 3 heterocycles. The highest BCUT2D eigenvalue weighted by Gasteiger charge is 2.64. The molecular weight excluding hydrogens is 485 g/mol. The van der Waals surface area contributed by atoms with Crippen LogP contribution in [0.1, 0.15) is 57.9 Å². The number of rotatable bonds is 10. The summed E-state index contributed by atoms with van der Waals surface area (Å²) < 4.78 is 12.1. The maximum Gasteiger partial charge on any atom is 0.530 e. The van der Waals surface area contributed by atoms with Gasteiger partial charge in [0.1, 0.15) is 17.8 Å². The number of amides is 1. The quantitative estimate of drug-likeness (QED) is 0.407. The number of aliphatic hydroxyl groups excluding tert-OH is 1. The lowest BCUT2D eigenvalue weighted by Gasteiger charge is -2.40. The second-order valence-electron chi connectivity index (χ2n) is 11.2. The second kappa shape index (κ2) is 11.3. The molecule has 0 saturated carbocycles. The van der Waals surface area contributed by atoms with Gasteiger partial charge >= 0.3 is 12.7 Å². The van der Waals surface area contributed by atoms with Gasteiger partial charge in [0.2, 0.25) is 0 Å². The van der Waals surface area contributed by atoms with Crippen molar-refractivity contribution in [3.05, 3.63) is 54.2 Å². The molecule has 38 heavy (non-hydrogen) atoms. The molecule has 1 amide bonds. The Morgan fingerprint density at radius 3 is 2.50 bits per heavy atom. The van der Waals surface area contributed by atoms with Crippen LogP contribution in [-0.4, -0.2) is 65.3 Å². The Labute approximate surface area is 223 Å². The van der Waals surface area contributed by atoms with Crippen molar-refractivity contribution in [1.29, 1.82) is 0 Å². The highest BCUT2D eigenvalue weighted by atomic mass is 16.7. The molecule has 1 aromatic heterocycles. The Balaban J connectivity index is 1.54. The van der Waals surface area contributed by atoms with E-state index in [9.17, 15) is 19.5 Å². The number of quaternary nitrogens is 1. The van der Waals surface area contributed by atoms with Gasteiger partial charge in [0, 0.05) is 5.56 Å². The zero-order chi connectivity index (χ0) is 27.6. The van der Waals surface area contributed by atoms with Crippen molar-refractivity contribution in [1.82, 2.24) is 10.3 Å². The molecule has 2 aliphatic rings. The number of carbonyl (C=O) groups excluding carboxylic acids is 3. The van der Waals surface area contributed by atoms with Gasteiger partial charge in [-0.05, 0) is 51.1 Å². The van der Waals surface area contributed by atoms with Gasteiger partial charge in [-0.2, -0.15) is 0 Å². The number of benzene rings is 1. The number of aromatic nitrogens is 1. The summed E-state index contributed by atoms with van der Waals surface area (Å²) in [6.07, 6.45) is -0.532. The molecule has 9 nitrogen and oxygen atoms in total. The van der Waals surface area contributed by atoms with E-state index in [0.717, 1.165) is 10.4 Å². The van der Waals surface area contributed by atoms with Gasteiger partial charge in [0.05, 0.1) is 24.4 Å². The summed E-state index contributed by atoms with van der Waals surface area (Å²) in [7, 11) is 0. The number of hydrogen-bond acceptors (Lipinski definition) is 7. The highest BCUT2D eigenvalue weighted by Crippen LogP contribution is 2.36. The van der Waals surface area contributed by atoms with E-state index in [2.05, 4.69) is 10.3 Å². The molecule has 2 unspecified atom stereocenters. The number of pyridine rings is 1. The van der Waals surface area contributed by atoms with Gasteiger partial charge in [0.25, 0.3) is 5.91 Å². The van der Waals surface area contributed by atoms with Gasteiger partial charge in [-0.15, -0.1) is 0 Å². The van der Waals surface area contributed by atoms with E-state index < -0.39 is 24.7 Å². The molecule has 0 aliphatic carbocycles. The van der Waals surface area contributed by atoms with Crippen LogP contribution >= 0.6 is 0 Å². The minimum atomic E-state index is -2.10. The summed E-state index contributed by atoms with van der Waals surface area (Å²) in [6.45, 7) is 7.74. The molecular formula is C28H38BN3O6. The lowest BCUT2D eigenvalue weighted by atomic mass is 9.53. The molecule has 2 aliphatic heterocycles. The fourth-order valence-electron chi connectivity index (χ4n) is 6.09. The molecule has 4 rings (SSSR count). The summed E-state index contributed by atoms with van der Waals surface area (Å²) in [6, 6.07) is 13.1. The molecule has 0 bridgehead atoms. The Morgan fingerprint density at radius 1 is 1.13 bits per heavy atom. The topological polar surface area (TPSA) is 119 Å². The number of fused-ring (bicyclic) bond motifs is 1. The first kappa shape index (κ1) is 27.9. The van der Waals surface area contributed by atoms with Crippen molar-refractivity contribution in [2.75, 3.05) is 6.61 Å². The van der Waals surface area contributed by atoms with Crippen LogP contribution in [0.4, 0.5) is 0 Å². The van der Waals surface area contributed by atoms with Crippen LogP contribution < -0.4 is 10.1 Å². The predicted octanol–water partition coefficient (Wildman–Crippen LogP) is 1.79. The molecule has 2 fully saturated rings. The van der Waals surface area contributed by atoms with Crippen molar-refractivity contribution in [2.24, 2.45) is 5.92 Å². The molecule has 3 N–H and O–H groups in total. The van der Waals surface area contributed by atoms with Crippen molar-refractivity contribution in [3.8, 4) is 11.3 Å². The van der Waals surface area contributed by atoms with Crippen LogP contribution in [0, 0.1) is 5.92 Å². The zero-order valence-electron chi connectivity index (χ0n) is 22.7. The van der Waals surface area contributed by atoms with Gasteiger partial charge in [-0.25, -0.2) is 9.78 Å². The van der Waals surface area contributed by atoms with Gasteiger partial charge in [-0.1, -0.05) is 56.7 Å². The third-order valence-corrected chi connectivity index (χ3v) is 7.80. The first-order valence-electron chi connectivity index (χ1n) is 13.5. The number of nitrogens with one attached hydrogen (secondary N) is 2. The third-order valence-electron chi connectivity index (χ3n) is 7.80. The van der Waals surface area contributed by atoms with Crippen molar-refractivity contribution >= 4 is 24.3 Å². The molecule has 1 aromatic carbocycles. The largest absolute Gasteiger partial charge is 0.611 e. The monoisotopic (exact) mass is 523 g/mol. The minimum Gasteiger partial charge on any atom is -0.611 e. The Hall–Kier alpha value is -3.08. The van der Waals surface area contributed by atoms with Crippen LogP contribution in [0.15, 0.2) is 48.5 Å². The standard InChI is InChI=1S/C28H38BN3O6/c1-17(2)14-22(29-32(18(3)16-37-29)19(4)28(36)38-29)15-25(34)26(20(5)33)31-27(35)24-13-9-12-23(30-24)21-10-7-6-8-11-21/h6-13,17-20,22,26,32-33H,14-16H2,1-5H3,(H,31,35)/t18-,19-,20-,22-,26+,29?/m1/s1. The summed E-state index contributed by atoms with van der Waals surface area (Å²) in [5.74, 6) is -1.38. The van der Waals surface area contributed by atoms with Gasteiger partial charge < -0.3 is 24.5 Å². The first-order valence-corrected chi connectivity index (χ1v) is 13.5. The molecule has 2 saturated heterocycles. The van der Waals surface area contributed by atoms with E-state index in [-0.39, 0.29) is 47.7 Å². The fourth-order valence-corrected chi connectivity index (χ4v) is 6.09. The van der Waals surface area contributed by atoms with Crippen LogP contribution in [0.2, 0.25) is 5.82 Å². The maximum atomic E-state index is 13.6. The van der Waals surface area contributed by atoms with Gasteiger partial charge in [-0.3, -0.25) is 9.59 Å². The summed E-state index contributed by atoms with van der Waals surface area (Å²) >= 11 is 0. The number of Topliss-reactive ketones (excluding diaryl/α,β-unsaturated/α-hetero) is 1. The minimum absolute atomic E-state index is 0.00172. The molecule has 7 atom stereocenters. The molecule has 0 radical (unpaired) electrons. The van der Waals surface area contributed by atoms with Crippen molar-refractivity contribution < 1.29 is 33.6 Å². The number of hydrogen-bond donors (Lipinski definition) is 3. The normalized spacial score (nSPS) is 26.9. The number of ketones is 1. The molecule has 10 heteroatoms. The molecule has 2 aromatic rings. The maximum absolute atomic E-state index is 13.6. The van der Waals surface area contributed by atoms with E-state index >= 15 is 0 Å². The zero-order valence-corrected chi connectivity index (χ0v) is 22.7. The summed E-state index contributed by atoms with van der Waals surface area (Å²) in [5.41, 5.74) is 1.64. The van der Waals surface area contributed by atoms with Crippen LogP contribution in [-0.2, 0) is 18.9 Å². The number of aliphatic hydroxyl groups is 1. The van der Waals surface area contributed by atoms with Crippen molar-refractivity contribution in [3.63, 3.8) is 0 Å². The van der Waals surface area contributed by atoms with Crippen molar-refractivity contribution in [2.45, 2.75) is 77.5 Å². The van der Waals surface area contributed by atoms with E-state index in [0.29, 0.717) is 18.7 Å². The Bertz CT molecular complexity index is 1180. The van der Waals surface area contributed by atoms with Crippen LogP contribution in [0.5, 0.6) is 0 Å². The van der Waals surface area contributed by atoms with Crippen LogP contribution in [0.3, 0.4) is 0 Å². The van der Waals surface area contributed by atoms with Crippen LogP contribution in [0.25, 0.3) is 11.3 Å². The Kier molecular flexibility index (Phi) is 8.35. The van der Waals surface area contributed by atoms with E-state index in [1.807, 2.05) is 64.1 Å². The van der Waals surface area contributed by atoms with E-state index in [1.165, 1.54) is 6.92 Å². The molecule has 0 spiro atoms. The highest BCUT2D eigenvalue weighted by molar-refractivity contribution is 6.64. The molecule has 204 valence electrons. The summed E-state index contributed by atoms with van der Waals surface area (Å²) in [4.78, 5) is 44.8. The fraction of sp³-hybridized carbons (Fsp3) is 0.500. The second-order valence-corrected chi connectivity index (χ2v) is 11.2. The number of nitrogens with zero attached hydrogens (tertiary/aromatic N) is 1. The lowest BCUT2D eigenvalue weighted by Crippen LogP contribution is -3.25. The predicted molar refractivity (Wildman–Crippen MR) is 143 cm³/mol. The van der Waals surface area contributed by atoms with E-state index in [1.54, 1.807) is 12.1 Å². The Morgan fingerprint density at radius 2 is 1.84 bits per heavy atom. The smallest absolute Gasteiger partial charge is 0.530 e. The lowest BCUT2D eigenvalue weighted by molar-refractivity contribution is -0.831. The van der Waals surface area contributed by atoms with Gasteiger partial charge in [0.15, 0.2) is 5.78 Å². The van der Waals surface area contributed by atoms with E-state index in [4.69, 9.17) is 9.31 Å². The summed E-state index contributed by atoms with van der Waals surface area (Å²) in [5, 5.41) is 13.2. The SMILES string of the molecule is CC(C)C[C@H](CC(=O)[C@@H](NC(=O)c1cccc(-c2ccccc2)n1)[C@@H](C)O)[B-]12OC[C@@H](C)[NH+]1[C@H](C)C(=O)O2. The number of carbonyl (C=O) groups is 3. The third kappa shape index (κ3) is 5.53. The average molecular weight is 523 g/mol. The first-order chi connectivity index (χ1) is 18.0.